The van der Waals surface area contributed by atoms with Gasteiger partial charge in [-0.2, -0.15) is 0 Å². The van der Waals surface area contributed by atoms with Crippen molar-refractivity contribution in [1.82, 2.24) is 14.8 Å². The molecule has 0 unspecified atom stereocenters. The van der Waals surface area contributed by atoms with Gasteiger partial charge in [0.2, 0.25) is 11.8 Å². The Hall–Kier alpha value is -3.19. The molecule has 2 aromatic rings. The maximum Gasteiger partial charge on any atom is 0.258 e. The molecule has 7 heteroatoms. The highest BCUT2D eigenvalue weighted by Crippen LogP contribution is 2.49. The van der Waals surface area contributed by atoms with Gasteiger partial charge in [0.15, 0.2) is 0 Å². The fourth-order valence-corrected chi connectivity index (χ4v) is 5.25. The highest BCUT2D eigenvalue weighted by molar-refractivity contribution is 5.88. The smallest absolute Gasteiger partial charge is 0.258 e. The molecule has 0 spiro atoms. The number of nitrogens with zero attached hydrogens (tertiary/aromatic N) is 2. The lowest BCUT2D eigenvalue weighted by atomic mass is 9.88. The molecule has 2 aliphatic heterocycles. The number of carbonyl (C=O) groups is 2. The molecule has 0 radical (unpaired) electrons. The van der Waals surface area contributed by atoms with Crippen molar-refractivity contribution in [3.8, 4) is 0 Å². The van der Waals surface area contributed by atoms with Gasteiger partial charge in [0.1, 0.15) is 6.04 Å². The predicted molar refractivity (Wildman–Crippen MR) is 122 cm³/mol. The average Bonchev–Trinajstić information content (AvgIpc) is 3.31. The van der Waals surface area contributed by atoms with Gasteiger partial charge in [0.25, 0.3) is 5.56 Å². The van der Waals surface area contributed by atoms with Gasteiger partial charge < -0.3 is 19.9 Å². The number of aromatic nitrogens is 1. The highest BCUT2D eigenvalue weighted by atomic mass is 16.3. The van der Waals surface area contributed by atoms with E-state index in [-0.39, 0.29) is 29.9 Å². The van der Waals surface area contributed by atoms with E-state index in [9.17, 15) is 19.5 Å². The number of rotatable bonds is 6. The molecule has 4 atom stereocenters. The molecular formula is C25H29N3O4. The van der Waals surface area contributed by atoms with Gasteiger partial charge in [-0.15, -0.1) is 0 Å². The molecule has 168 valence electrons. The number of allylic oxidation sites excluding steroid dienone is 1. The fourth-order valence-electron chi connectivity index (χ4n) is 5.25. The Morgan fingerprint density at radius 1 is 1.19 bits per heavy atom. The number of aliphatic hydroxyl groups is 1. The van der Waals surface area contributed by atoms with Crippen LogP contribution in [0.15, 0.2) is 53.3 Å². The van der Waals surface area contributed by atoms with E-state index in [1.807, 2.05) is 49.4 Å². The molecule has 4 rings (SSSR count). The van der Waals surface area contributed by atoms with Gasteiger partial charge in [-0.25, -0.2) is 0 Å². The summed E-state index contributed by atoms with van der Waals surface area (Å²) in [7, 11) is 0. The first-order valence-electron chi connectivity index (χ1n) is 11.1. The van der Waals surface area contributed by atoms with Crippen LogP contribution in [0.2, 0.25) is 0 Å². The molecule has 0 saturated carbocycles. The highest BCUT2D eigenvalue weighted by Gasteiger charge is 2.56. The summed E-state index contributed by atoms with van der Waals surface area (Å²) in [6, 6.07) is 12.3. The molecule has 1 saturated heterocycles. The van der Waals surface area contributed by atoms with Gasteiger partial charge in [-0.05, 0) is 31.0 Å². The maximum atomic E-state index is 13.2. The van der Waals surface area contributed by atoms with E-state index in [0.29, 0.717) is 25.1 Å². The molecule has 32 heavy (non-hydrogen) atoms. The van der Waals surface area contributed by atoms with Crippen LogP contribution in [0.4, 0.5) is 0 Å². The SMILES string of the molecule is C/C=C\c1ccc2n(c1=O)C[C@H]1[C@H](CO)[C@@H](C(=O)NCCc3ccccc3)N(C(C)=O)[C@@H]21. The number of pyridine rings is 1. The van der Waals surface area contributed by atoms with Crippen LogP contribution in [0.5, 0.6) is 0 Å². The fraction of sp³-hybridized carbons (Fsp3) is 0.400. The normalized spacial score (nSPS) is 23.9. The molecule has 1 aromatic carbocycles. The Labute approximate surface area is 187 Å². The third-order valence-electron chi connectivity index (χ3n) is 6.64. The zero-order chi connectivity index (χ0) is 22.8. The second-order valence-electron chi connectivity index (χ2n) is 8.48. The molecular weight excluding hydrogens is 406 g/mol. The number of hydrogen-bond donors (Lipinski definition) is 2. The number of nitrogens with one attached hydrogen (secondary N) is 1. The van der Waals surface area contributed by atoms with Crippen LogP contribution < -0.4 is 10.9 Å². The number of benzene rings is 1. The van der Waals surface area contributed by atoms with E-state index in [0.717, 1.165) is 11.3 Å². The molecule has 2 amide bonds. The summed E-state index contributed by atoms with van der Waals surface area (Å²) < 4.78 is 1.69. The Balaban J connectivity index is 1.60. The minimum atomic E-state index is -0.762. The molecule has 7 nitrogen and oxygen atoms in total. The standard InChI is InChI=1S/C25H29N3O4/c1-3-7-18-10-11-21-22-19(14-27(21)25(18)32)20(15-29)23(28(22)16(2)30)24(31)26-13-12-17-8-5-4-6-9-17/h3-11,19-20,22-23,29H,12-15H2,1-2H3,(H,26,31)/b7-3-/t19-,20-,22+,23-/m0/s1. The van der Waals surface area contributed by atoms with Gasteiger partial charge in [0, 0.05) is 49.7 Å². The summed E-state index contributed by atoms with van der Waals surface area (Å²) in [6.07, 6.45) is 4.26. The second-order valence-corrected chi connectivity index (χ2v) is 8.48. The molecule has 0 bridgehead atoms. The summed E-state index contributed by atoms with van der Waals surface area (Å²) in [6.45, 7) is 3.89. The second kappa shape index (κ2) is 9.12. The van der Waals surface area contributed by atoms with Crippen LogP contribution in [0.25, 0.3) is 6.08 Å². The third kappa shape index (κ3) is 3.77. The lowest BCUT2D eigenvalue weighted by Crippen LogP contribution is -2.50. The first-order chi connectivity index (χ1) is 15.5. The van der Waals surface area contributed by atoms with Crippen molar-refractivity contribution in [2.45, 2.75) is 38.9 Å². The Morgan fingerprint density at radius 3 is 2.59 bits per heavy atom. The maximum absolute atomic E-state index is 13.2. The van der Waals surface area contributed by atoms with Crippen molar-refractivity contribution in [1.29, 1.82) is 0 Å². The predicted octanol–water partition coefficient (Wildman–Crippen LogP) is 1.75. The van der Waals surface area contributed by atoms with Gasteiger partial charge in [-0.3, -0.25) is 14.4 Å². The summed E-state index contributed by atoms with van der Waals surface area (Å²) in [5, 5.41) is 13.2. The first-order valence-corrected chi connectivity index (χ1v) is 11.1. The molecule has 2 aliphatic rings. The molecule has 1 aromatic heterocycles. The van der Waals surface area contributed by atoms with Crippen LogP contribution in [0.1, 0.15) is 36.7 Å². The number of likely N-dealkylation sites (tertiary alicyclic amines) is 1. The van der Waals surface area contributed by atoms with Gasteiger partial charge in [-0.1, -0.05) is 42.5 Å². The van der Waals surface area contributed by atoms with Crippen molar-refractivity contribution < 1.29 is 14.7 Å². The topological polar surface area (TPSA) is 91.6 Å². The largest absolute Gasteiger partial charge is 0.396 e. The number of amides is 2. The van der Waals surface area contributed by atoms with Crippen LogP contribution in [0.3, 0.4) is 0 Å². The van der Waals surface area contributed by atoms with E-state index >= 15 is 0 Å². The zero-order valence-electron chi connectivity index (χ0n) is 18.4. The summed E-state index contributed by atoms with van der Waals surface area (Å²) in [5.74, 6) is -1.13. The average molecular weight is 436 g/mol. The van der Waals surface area contributed by atoms with Crippen LogP contribution in [-0.4, -0.2) is 45.6 Å². The number of hydrogen-bond acceptors (Lipinski definition) is 4. The van der Waals surface area contributed by atoms with Crippen molar-refractivity contribution in [3.63, 3.8) is 0 Å². The van der Waals surface area contributed by atoms with Crippen molar-refractivity contribution in [3.05, 3.63) is 75.7 Å². The minimum Gasteiger partial charge on any atom is -0.396 e. The minimum absolute atomic E-state index is 0.112. The van der Waals surface area contributed by atoms with E-state index in [4.69, 9.17) is 0 Å². The van der Waals surface area contributed by atoms with Crippen molar-refractivity contribution >= 4 is 17.9 Å². The molecule has 3 heterocycles. The Morgan fingerprint density at radius 2 is 1.94 bits per heavy atom. The molecule has 2 N–H and O–H groups in total. The van der Waals surface area contributed by atoms with E-state index < -0.39 is 18.0 Å². The zero-order valence-corrected chi connectivity index (χ0v) is 18.4. The van der Waals surface area contributed by atoms with Crippen LogP contribution in [0, 0.1) is 11.8 Å². The first kappa shape index (κ1) is 22.0. The molecule has 1 fully saturated rings. The molecule has 0 aliphatic carbocycles. The number of carbonyl (C=O) groups excluding carboxylic acids is 2. The van der Waals surface area contributed by atoms with Gasteiger partial charge >= 0.3 is 0 Å². The van der Waals surface area contributed by atoms with Gasteiger partial charge in [0.05, 0.1) is 6.04 Å². The van der Waals surface area contributed by atoms with E-state index in [1.54, 1.807) is 21.6 Å². The van der Waals surface area contributed by atoms with Crippen molar-refractivity contribution in [2.24, 2.45) is 11.8 Å². The van der Waals surface area contributed by atoms with Crippen LogP contribution in [-0.2, 0) is 22.6 Å². The summed E-state index contributed by atoms with van der Waals surface area (Å²) in [5.41, 5.74) is 2.31. The number of aliphatic hydroxyl groups excluding tert-OH is 1. The van der Waals surface area contributed by atoms with Crippen LogP contribution >= 0.6 is 0 Å². The van der Waals surface area contributed by atoms with E-state index in [1.165, 1.54) is 6.92 Å². The number of fused-ring (bicyclic) bond motifs is 3. The lowest BCUT2D eigenvalue weighted by Gasteiger charge is -2.30. The quantitative estimate of drug-likeness (QED) is 0.723. The van der Waals surface area contributed by atoms with Crippen molar-refractivity contribution in [2.75, 3.05) is 13.2 Å². The third-order valence-corrected chi connectivity index (χ3v) is 6.64. The summed E-state index contributed by atoms with van der Waals surface area (Å²) >= 11 is 0. The monoisotopic (exact) mass is 435 g/mol. The van der Waals surface area contributed by atoms with E-state index in [2.05, 4.69) is 5.32 Å². The lowest BCUT2D eigenvalue weighted by molar-refractivity contribution is -0.140. The Kier molecular flexibility index (Phi) is 6.28. The summed E-state index contributed by atoms with van der Waals surface area (Å²) in [4.78, 5) is 40.3. The Bertz CT molecular complexity index is 1090.